The molecule has 2 fully saturated rings. The standard InChI is InChI=1S/C29H31F3N4O3/c30-23-13-17(14-24(31)27(23)32)1-4-26(37)35-9-7-19(8-10-35)28(29(38)39)36-11-5-18(6-12-36)22-16-34-25-3-2-20(33)15-21(22)25/h1-4,13-16,18-19,28,34H,5-12,33H2,(H,38,39). The molecule has 0 bridgehead atoms. The minimum absolute atomic E-state index is 0.0417. The van der Waals surface area contributed by atoms with Gasteiger partial charge in [-0.25, -0.2) is 13.2 Å². The Morgan fingerprint density at radius 2 is 1.67 bits per heavy atom. The Bertz CT molecular complexity index is 1380. The van der Waals surface area contributed by atoms with E-state index < -0.39 is 29.5 Å². The molecule has 0 aliphatic carbocycles. The fraction of sp³-hybridized carbons (Fsp3) is 0.379. The fourth-order valence-corrected chi connectivity index (χ4v) is 6.02. The Morgan fingerprint density at radius 3 is 2.31 bits per heavy atom. The highest BCUT2D eigenvalue weighted by Gasteiger charge is 2.38. The molecule has 10 heteroatoms. The Morgan fingerprint density at radius 1 is 1.00 bits per heavy atom. The number of carbonyl (C=O) groups excluding carboxylic acids is 1. The summed E-state index contributed by atoms with van der Waals surface area (Å²) in [6.07, 6.45) is 7.24. The SMILES string of the molecule is Nc1ccc2[nH]cc(C3CCN(C(C(=O)O)C4CCN(C(=O)C=Cc5cc(F)c(F)c(F)c5)CC4)CC3)c2c1. The molecule has 3 heterocycles. The number of hydrogen-bond donors (Lipinski definition) is 3. The number of halogens is 3. The summed E-state index contributed by atoms with van der Waals surface area (Å²) in [7, 11) is 0. The average molecular weight is 541 g/mol. The summed E-state index contributed by atoms with van der Waals surface area (Å²) in [6, 6.07) is 6.84. The van der Waals surface area contributed by atoms with Gasteiger partial charge in [0.1, 0.15) is 6.04 Å². The molecule has 2 aliphatic rings. The van der Waals surface area contributed by atoms with Crippen molar-refractivity contribution in [3.63, 3.8) is 0 Å². The molecule has 1 aromatic heterocycles. The maximum Gasteiger partial charge on any atom is 0.321 e. The molecule has 1 unspecified atom stereocenters. The highest BCUT2D eigenvalue weighted by molar-refractivity contribution is 5.92. The lowest BCUT2D eigenvalue weighted by molar-refractivity contribution is -0.147. The van der Waals surface area contributed by atoms with Crippen molar-refractivity contribution in [1.82, 2.24) is 14.8 Å². The van der Waals surface area contributed by atoms with Gasteiger partial charge in [0.05, 0.1) is 0 Å². The summed E-state index contributed by atoms with van der Waals surface area (Å²) in [5, 5.41) is 11.2. The summed E-state index contributed by atoms with van der Waals surface area (Å²) < 4.78 is 40.0. The van der Waals surface area contributed by atoms with Gasteiger partial charge in [-0.2, -0.15) is 0 Å². The van der Waals surface area contributed by atoms with Crippen LogP contribution in [0.25, 0.3) is 17.0 Å². The molecule has 2 saturated heterocycles. The van der Waals surface area contributed by atoms with Crippen molar-refractivity contribution in [3.8, 4) is 0 Å². The van der Waals surface area contributed by atoms with Gasteiger partial charge in [0.25, 0.3) is 0 Å². The smallest absolute Gasteiger partial charge is 0.321 e. The zero-order valence-corrected chi connectivity index (χ0v) is 21.4. The Balaban J connectivity index is 1.17. The van der Waals surface area contributed by atoms with Crippen LogP contribution in [0.1, 0.15) is 42.7 Å². The van der Waals surface area contributed by atoms with Crippen LogP contribution < -0.4 is 5.73 Å². The summed E-state index contributed by atoms with van der Waals surface area (Å²) >= 11 is 0. The van der Waals surface area contributed by atoms with Crippen molar-refractivity contribution >= 4 is 34.5 Å². The normalized spacial score (nSPS) is 18.7. The molecular formula is C29H31F3N4O3. The highest BCUT2D eigenvalue weighted by atomic mass is 19.2. The Kier molecular flexibility index (Phi) is 7.65. The monoisotopic (exact) mass is 540 g/mol. The summed E-state index contributed by atoms with van der Waals surface area (Å²) in [5.41, 5.74) is 9.00. The van der Waals surface area contributed by atoms with Gasteiger partial charge in [0, 0.05) is 42.0 Å². The number of nitrogen functional groups attached to an aromatic ring is 1. The number of amides is 1. The minimum Gasteiger partial charge on any atom is -0.480 e. The molecule has 206 valence electrons. The molecule has 39 heavy (non-hydrogen) atoms. The maximum absolute atomic E-state index is 13.4. The number of fused-ring (bicyclic) bond motifs is 1. The van der Waals surface area contributed by atoms with Crippen LogP contribution >= 0.6 is 0 Å². The molecule has 0 spiro atoms. The first-order valence-electron chi connectivity index (χ1n) is 13.2. The molecule has 1 atom stereocenters. The van der Waals surface area contributed by atoms with E-state index in [0.29, 0.717) is 50.6 Å². The van der Waals surface area contributed by atoms with Gasteiger partial charge in [0.2, 0.25) is 5.91 Å². The number of aromatic nitrogens is 1. The highest BCUT2D eigenvalue weighted by Crippen LogP contribution is 2.36. The number of likely N-dealkylation sites (tertiary alicyclic amines) is 2. The van der Waals surface area contributed by atoms with Crippen LogP contribution in [0.15, 0.2) is 42.6 Å². The predicted molar refractivity (Wildman–Crippen MR) is 142 cm³/mol. The largest absolute Gasteiger partial charge is 0.480 e. The Hall–Kier alpha value is -3.79. The number of carboxylic acid groups (broad SMARTS) is 1. The third-order valence-corrected chi connectivity index (χ3v) is 8.08. The van der Waals surface area contributed by atoms with Gasteiger partial charge in [-0.3, -0.25) is 14.5 Å². The lowest BCUT2D eigenvalue weighted by atomic mass is 9.84. The van der Waals surface area contributed by atoms with Gasteiger partial charge < -0.3 is 20.7 Å². The lowest BCUT2D eigenvalue weighted by Gasteiger charge is -2.41. The third-order valence-electron chi connectivity index (χ3n) is 8.08. The maximum atomic E-state index is 13.4. The molecule has 7 nitrogen and oxygen atoms in total. The van der Waals surface area contributed by atoms with E-state index >= 15 is 0 Å². The van der Waals surface area contributed by atoms with Gasteiger partial charge >= 0.3 is 5.97 Å². The van der Waals surface area contributed by atoms with Crippen LogP contribution in [0.2, 0.25) is 0 Å². The van der Waals surface area contributed by atoms with Crippen LogP contribution in [0.5, 0.6) is 0 Å². The second-order valence-electron chi connectivity index (χ2n) is 10.4. The topological polar surface area (TPSA) is 103 Å². The van der Waals surface area contributed by atoms with Crippen molar-refractivity contribution in [2.45, 2.75) is 37.6 Å². The number of aromatic amines is 1. The molecular weight excluding hydrogens is 509 g/mol. The van der Waals surface area contributed by atoms with Gasteiger partial charge in [-0.05, 0) is 98.1 Å². The molecule has 0 saturated carbocycles. The number of anilines is 1. The van der Waals surface area contributed by atoms with Gasteiger partial charge in [-0.1, -0.05) is 0 Å². The summed E-state index contributed by atoms with van der Waals surface area (Å²) in [5.74, 6) is -5.17. The van der Waals surface area contributed by atoms with Crippen molar-refractivity contribution in [2.24, 2.45) is 5.92 Å². The van der Waals surface area contributed by atoms with Crippen molar-refractivity contribution in [1.29, 1.82) is 0 Å². The van der Waals surface area contributed by atoms with E-state index in [9.17, 15) is 27.9 Å². The van der Waals surface area contributed by atoms with E-state index in [-0.39, 0.29) is 17.4 Å². The molecule has 1 amide bonds. The number of hydrogen-bond acceptors (Lipinski definition) is 4. The van der Waals surface area contributed by atoms with Crippen LogP contribution in [0.3, 0.4) is 0 Å². The zero-order valence-electron chi connectivity index (χ0n) is 21.4. The number of nitrogens with two attached hydrogens (primary N) is 1. The van der Waals surface area contributed by atoms with E-state index in [1.165, 1.54) is 17.7 Å². The average Bonchev–Trinajstić information content (AvgIpc) is 3.34. The van der Waals surface area contributed by atoms with Crippen LogP contribution in [-0.4, -0.2) is 64.0 Å². The second-order valence-corrected chi connectivity index (χ2v) is 10.4. The number of carbonyl (C=O) groups is 2. The fourth-order valence-electron chi connectivity index (χ4n) is 6.02. The number of piperidine rings is 2. The number of carboxylic acids is 1. The first-order chi connectivity index (χ1) is 18.7. The van der Waals surface area contributed by atoms with E-state index in [1.807, 2.05) is 24.4 Å². The van der Waals surface area contributed by atoms with Crippen LogP contribution in [0.4, 0.5) is 18.9 Å². The van der Waals surface area contributed by atoms with Crippen molar-refractivity contribution < 1.29 is 27.9 Å². The number of rotatable bonds is 6. The molecule has 2 aromatic carbocycles. The zero-order chi connectivity index (χ0) is 27.7. The second kappa shape index (κ2) is 11.1. The number of benzene rings is 2. The van der Waals surface area contributed by atoms with E-state index in [1.54, 1.807) is 4.90 Å². The van der Waals surface area contributed by atoms with Crippen molar-refractivity contribution in [3.05, 3.63) is 71.2 Å². The Labute approximate surface area is 224 Å². The summed E-state index contributed by atoms with van der Waals surface area (Å²) in [4.78, 5) is 31.9. The third kappa shape index (κ3) is 5.66. The van der Waals surface area contributed by atoms with E-state index in [2.05, 4.69) is 9.88 Å². The molecule has 0 radical (unpaired) electrons. The first kappa shape index (κ1) is 26.8. The molecule has 4 N–H and O–H groups in total. The van der Waals surface area contributed by atoms with E-state index in [4.69, 9.17) is 5.73 Å². The molecule has 3 aromatic rings. The number of nitrogens with one attached hydrogen (secondary N) is 1. The predicted octanol–water partition coefficient (Wildman–Crippen LogP) is 4.75. The van der Waals surface area contributed by atoms with Gasteiger partial charge in [0.15, 0.2) is 17.5 Å². The lowest BCUT2D eigenvalue weighted by Crippen LogP contribution is -2.52. The first-order valence-corrected chi connectivity index (χ1v) is 13.2. The number of aliphatic carboxylic acids is 1. The van der Waals surface area contributed by atoms with E-state index in [0.717, 1.165) is 35.9 Å². The number of nitrogens with zero attached hydrogens (tertiary/aromatic N) is 2. The van der Waals surface area contributed by atoms with Crippen LogP contribution in [-0.2, 0) is 9.59 Å². The molecule has 2 aliphatic heterocycles. The quantitative estimate of drug-likeness (QED) is 0.238. The summed E-state index contributed by atoms with van der Waals surface area (Å²) in [6.45, 7) is 2.11. The van der Waals surface area contributed by atoms with Gasteiger partial charge in [-0.15, -0.1) is 0 Å². The van der Waals surface area contributed by atoms with Crippen molar-refractivity contribution in [2.75, 3.05) is 31.9 Å². The number of H-pyrrole nitrogens is 1. The molecule has 5 rings (SSSR count). The van der Waals surface area contributed by atoms with Crippen LogP contribution in [0, 0.1) is 23.4 Å². The minimum atomic E-state index is -1.55.